The normalized spacial score (nSPS) is 26.4. The summed E-state index contributed by atoms with van der Waals surface area (Å²) in [5.74, 6) is -0.186. The zero-order valence-electron chi connectivity index (χ0n) is 24.3. The molecule has 204 valence electrons. The van der Waals surface area contributed by atoms with Crippen LogP contribution in [0.3, 0.4) is 0 Å². The predicted octanol–water partition coefficient (Wildman–Crippen LogP) is 8.21. The Hall–Kier alpha value is -1.94. The Kier molecular flexibility index (Phi) is 13.7. The molecule has 1 rings (SSSR count). The lowest BCUT2D eigenvalue weighted by Gasteiger charge is -2.53. The highest BCUT2D eigenvalue weighted by Gasteiger charge is 2.52. The van der Waals surface area contributed by atoms with Crippen molar-refractivity contribution in [2.24, 2.45) is 11.3 Å². The van der Waals surface area contributed by atoms with Gasteiger partial charge in [0.15, 0.2) is 0 Å². The van der Waals surface area contributed by atoms with Crippen LogP contribution in [0.25, 0.3) is 0 Å². The largest absolute Gasteiger partial charge is 0.466 e. The summed E-state index contributed by atoms with van der Waals surface area (Å²) >= 11 is 0. The van der Waals surface area contributed by atoms with Gasteiger partial charge >= 0.3 is 5.97 Å². The standard InChI is InChI=1S/C32H52O4/c1-24(2)13-9-14-25(3)15-10-16-26(4)17-11-20-31(7)30(18-12-22-36-28(6)34)29(27(5)23-33)19-21-32(31,8)35/h13,15,17,23,30,35H,9-12,14,16,18-22H2,1-8H3/b25-15+,26-17+,29-27+/t30-,31+,32+/m1/s1. The Morgan fingerprint density at radius 2 is 1.56 bits per heavy atom. The molecule has 1 N–H and O–H groups in total. The quantitative estimate of drug-likeness (QED) is 0.0858. The topological polar surface area (TPSA) is 63.6 Å². The van der Waals surface area contributed by atoms with Crippen LogP contribution in [0.15, 0.2) is 46.1 Å². The number of ether oxygens (including phenoxy) is 1. The maximum Gasteiger partial charge on any atom is 0.302 e. The highest BCUT2D eigenvalue weighted by molar-refractivity contribution is 5.74. The van der Waals surface area contributed by atoms with Gasteiger partial charge in [-0.3, -0.25) is 9.59 Å². The van der Waals surface area contributed by atoms with Gasteiger partial charge in [0.05, 0.1) is 12.2 Å². The molecule has 4 nitrogen and oxygen atoms in total. The summed E-state index contributed by atoms with van der Waals surface area (Å²) < 4.78 is 5.17. The summed E-state index contributed by atoms with van der Waals surface area (Å²) in [7, 11) is 0. The third-order valence-corrected chi connectivity index (χ3v) is 8.21. The van der Waals surface area contributed by atoms with Crippen molar-refractivity contribution < 1.29 is 19.4 Å². The molecule has 1 aliphatic carbocycles. The molecule has 0 bridgehead atoms. The molecule has 0 radical (unpaired) electrons. The smallest absolute Gasteiger partial charge is 0.302 e. The third-order valence-electron chi connectivity index (χ3n) is 8.21. The molecule has 1 saturated carbocycles. The minimum Gasteiger partial charge on any atom is -0.466 e. The first-order valence-electron chi connectivity index (χ1n) is 13.8. The fraction of sp³-hybridized carbons (Fsp3) is 0.688. The molecule has 0 amide bonds. The maximum absolute atomic E-state index is 11.7. The minimum atomic E-state index is -0.821. The Morgan fingerprint density at radius 1 is 0.972 bits per heavy atom. The second kappa shape index (κ2) is 15.3. The summed E-state index contributed by atoms with van der Waals surface area (Å²) in [5.41, 5.74) is 4.98. The molecule has 1 aliphatic rings. The van der Waals surface area contributed by atoms with Crippen LogP contribution in [0.4, 0.5) is 0 Å². The minimum absolute atomic E-state index is 0.0853. The van der Waals surface area contributed by atoms with E-state index in [0.717, 1.165) is 75.2 Å². The molecular formula is C32H52O4. The molecular weight excluding hydrogens is 448 g/mol. The Bertz CT molecular complexity index is 851. The van der Waals surface area contributed by atoms with Gasteiger partial charge in [0.2, 0.25) is 0 Å². The number of hydrogen-bond donors (Lipinski definition) is 1. The lowest BCUT2D eigenvalue weighted by molar-refractivity contribution is -0.141. The van der Waals surface area contributed by atoms with E-state index in [2.05, 4.69) is 52.8 Å². The lowest BCUT2D eigenvalue weighted by Crippen LogP contribution is -2.52. The molecule has 3 atom stereocenters. The van der Waals surface area contributed by atoms with E-state index in [1.807, 2.05) is 13.8 Å². The Balaban J connectivity index is 2.89. The predicted molar refractivity (Wildman–Crippen MR) is 151 cm³/mol. The molecule has 4 heteroatoms. The van der Waals surface area contributed by atoms with E-state index in [9.17, 15) is 14.7 Å². The molecule has 0 heterocycles. The average Bonchev–Trinajstić information content (AvgIpc) is 2.78. The van der Waals surface area contributed by atoms with E-state index in [1.165, 1.54) is 23.6 Å². The lowest BCUT2D eigenvalue weighted by atomic mass is 9.54. The maximum atomic E-state index is 11.7. The first-order valence-corrected chi connectivity index (χ1v) is 13.8. The summed E-state index contributed by atoms with van der Waals surface area (Å²) in [5, 5.41) is 11.5. The number of rotatable bonds is 14. The van der Waals surface area contributed by atoms with Gasteiger partial charge in [-0.2, -0.15) is 0 Å². The summed E-state index contributed by atoms with van der Waals surface area (Å²) in [6, 6.07) is 0. The third kappa shape index (κ3) is 10.2. The second-order valence-electron chi connectivity index (χ2n) is 11.6. The molecule has 0 aromatic carbocycles. The fourth-order valence-electron chi connectivity index (χ4n) is 5.54. The SMILES string of the molecule is CC(=O)OCCC[C@@H]1/C(=C(\C)C=O)CC[C@](C)(O)[C@@]1(C)CC/C=C(\C)CC/C=C(\C)CCC=C(C)C. The van der Waals surface area contributed by atoms with Gasteiger partial charge in [-0.15, -0.1) is 0 Å². The molecule has 36 heavy (non-hydrogen) atoms. The van der Waals surface area contributed by atoms with Crippen LogP contribution in [0.1, 0.15) is 120 Å². The molecule has 0 aromatic heterocycles. The zero-order valence-corrected chi connectivity index (χ0v) is 24.3. The van der Waals surface area contributed by atoms with Crippen LogP contribution in [-0.2, 0) is 14.3 Å². The van der Waals surface area contributed by atoms with Crippen LogP contribution in [0.5, 0.6) is 0 Å². The number of hydrogen-bond acceptors (Lipinski definition) is 4. The second-order valence-corrected chi connectivity index (χ2v) is 11.6. The number of aliphatic hydroxyl groups is 1. The zero-order chi connectivity index (χ0) is 27.4. The molecule has 0 saturated heterocycles. The van der Waals surface area contributed by atoms with Crippen LogP contribution < -0.4 is 0 Å². The fourth-order valence-corrected chi connectivity index (χ4v) is 5.54. The van der Waals surface area contributed by atoms with Gasteiger partial charge in [-0.1, -0.05) is 47.4 Å². The van der Waals surface area contributed by atoms with Crippen molar-refractivity contribution in [2.75, 3.05) is 6.61 Å². The van der Waals surface area contributed by atoms with Crippen molar-refractivity contribution in [2.45, 2.75) is 125 Å². The molecule has 0 unspecified atom stereocenters. The van der Waals surface area contributed by atoms with Gasteiger partial charge in [0.25, 0.3) is 0 Å². The van der Waals surface area contributed by atoms with Crippen LogP contribution in [0, 0.1) is 11.3 Å². The van der Waals surface area contributed by atoms with Crippen LogP contribution in [-0.4, -0.2) is 29.6 Å². The highest BCUT2D eigenvalue weighted by atomic mass is 16.5. The summed E-state index contributed by atoms with van der Waals surface area (Å²) in [6.45, 7) is 16.5. The van der Waals surface area contributed by atoms with Gasteiger partial charge in [-0.25, -0.2) is 0 Å². The van der Waals surface area contributed by atoms with Crippen molar-refractivity contribution in [1.29, 1.82) is 0 Å². The van der Waals surface area contributed by atoms with E-state index in [0.29, 0.717) is 13.0 Å². The van der Waals surface area contributed by atoms with Gasteiger partial charge < -0.3 is 9.84 Å². The number of carbonyl (C=O) groups is 2. The van der Waals surface area contributed by atoms with Gasteiger partial charge in [0, 0.05) is 12.3 Å². The van der Waals surface area contributed by atoms with E-state index >= 15 is 0 Å². The molecule has 0 aromatic rings. The number of esters is 1. The van der Waals surface area contributed by atoms with Crippen LogP contribution >= 0.6 is 0 Å². The van der Waals surface area contributed by atoms with Gasteiger partial charge in [0.1, 0.15) is 6.29 Å². The molecule has 0 aliphatic heterocycles. The van der Waals surface area contributed by atoms with Crippen LogP contribution in [0.2, 0.25) is 0 Å². The summed E-state index contributed by atoms with van der Waals surface area (Å²) in [6.07, 6.45) is 16.9. The van der Waals surface area contributed by atoms with E-state index in [-0.39, 0.29) is 17.3 Å². The monoisotopic (exact) mass is 500 g/mol. The van der Waals surface area contributed by atoms with E-state index in [1.54, 1.807) is 0 Å². The first kappa shape index (κ1) is 32.1. The Morgan fingerprint density at radius 3 is 2.11 bits per heavy atom. The Labute approximate surface area is 221 Å². The number of aldehydes is 1. The van der Waals surface area contributed by atoms with E-state index < -0.39 is 5.60 Å². The van der Waals surface area contributed by atoms with E-state index in [4.69, 9.17) is 4.74 Å². The first-order chi connectivity index (χ1) is 16.8. The summed E-state index contributed by atoms with van der Waals surface area (Å²) in [4.78, 5) is 22.9. The van der Waals surface area contributed by atoms with Crippen molar-refractivity contribution >= 4 is 12.3 Å². The van der Waals surface area contributed by atoms with Crippen molar-refractivity contribution in [3.63, 3.8) is 0 Å². The average molecular weight is 501 g/mol. The van der Waals surface area contributed by atoms with Crippen molar-refractivity contribution in [3.05, 3.63) is 46.1 Å². The highest BCUT2D eigenvalue weighted by Crippen LogP contribution is 2.55. The van der Waals surface area contributed by atoms with Gasteiger partial charge in [-0.05, 0) is 117 Å². The number of carbonyl (C=O) groups excluding carboxylic acids is 2. The molecule has 1 fully saturated rings. The van der Waals surface area contributed by atoms with Crippen molar-refractivity contribution in [1.82, 2.24) is 0 Å². The molecule has 0 spiro atoms. The van der Waals surface area contributed by atoms with Crippen molar-refractivity contribution in [3.8, 4) is 0 Å². The number of allylic oxidation sites excluding steroid dienone is 8.